The Kier molecular flexibility index (Phi) is 3.20. The smallest absolute Gasteiger partial charge is 0.306 e. The van der Waals surface area contributed by atoms with Crippen molar-refractivity contribution < 1.29 is 13.2 Å². The van der Waals surface area contributed by atoms with E-state index in [2.05, 4.69) is 4.99 Å². The van der Waals surface area contributed by atoms with E-state index in [1.165, 1.54) is 6.20 Å². The summed E-state index contributed by atoms with van der Waals surface area (Å²) >= 11 is 0. The van der Waals surface area contributed by atoms with Crippen LogP contribution in [0.4, 0.5) is 13.2 Å². The van der Waals surface area contributed by atoms with Gasteiger partial charge in [0, 0.05) is 17.5 Å². The number of allylic oxidation sites excluding steroid dienone is 3. The van der Waals surface area contributed by atoms with Gasteiger partial charge in [-0.05, 0) is 24.6 Å². The highest BCUT2D eigenvalue weighted by Crippen LogP contribution is 2.33. The number of aliphatic imine (C=N–C) groups is 1. The number of alkyl halides is 3. The maximum Gasteiger partial charge on any atom is 0.416 e. The Morgan fingerprint density at radius 3 is 2.52 bits per heavy atom. The largest absolute Gasteiger partial charge is 0.416 e. The lowest BCUT2D eigenvalue weighted by Gasteiger charge is -2.31. The molecule has 0 aliphatic carbocycles. The van der Waals surface area contributed by atoms with Crippen LogP contribution in [-0.4, -0.2) is 23.5 Å². The van der Waals surface area contributed by atoms with Gasteiger partial charge in [-0.15, -0.1) is 0 Å². The lowest BCUT2D eigenvalue weighted by atomic mass is 10.0. The SMILES string of the molecule is CC1=C(c2ccccc2)CN=C2C=C(C(F)(F)F)C=CN21. The van der Waals surface area contributed by atoms with Crippen molar-refractivity contribution in [3.8, 4) is 0 Å². The first-order valence-electron chi connectivity index (χ1n) is 6.53. The van der Waals surface area contributed by atoms with Crippen molar-refractivity contribution in [1.29, 1.82) is 0 Å². The minimum Gasteiger partial charge on any atom is -0.306 e. The summed E-state index contributed by atoms with van der Waals surface area (Å²) in [5.41, 5.74) is 2.29. The van der Waals surface area contributed by atoms with E-state index in [9.17, 15) is 13.2 Å². The molecule has 0 amide bonds. The maximum atomic E-state index is 12.7. The Labute approximate surface area is 120 Å². The minimum absolute atomic E-state index is 0.335. The van der Waals surface area contributed by atoms with Crippen LogP contribution >= 0.6 is 0 Å². The molecule has 0 fully saturated rings. The summed E-state index contributed by atoms with van der Waals surface area (Å²) in [6.45, 7) is 2.28. The van der Waals surface area contributed by atoms with Crippen LogP contribution in [0.15, 0.2) is 64.9 Å². The first kappa shape index (κ1) is 13.7. The fraction of sp³-hybridized carbons (Fsp3) is 0.188. The Hall–Kier alpha value is -2.30. The second-order valence-corrected chi connectivity index (χ2v) is 4.89. The molecule has 0 bridgehead atoms. The van der Waals surface area contributed by atoms with Gasteiger partial charge in [0.15, 0.2) is 0 Å². The third kappa shape index (κ3) is 2.51. The fourth-order valence-electron chi connectivity index (χ4n) is 2.43. The number of amidine groups is 1. The highest BCUT2D eigenvalue weighted by atomic mass is 19.4. The number of rotatable bonds is 1. The van der Waals surface area contributed by atoms with Crippen LogP contribution < -0.4 is 0 Å². The third-order valence-electron chi connectivity index (χ3n) is 3.58. The summed E-state index contributed by atoms with van der Waals surface area (Å²) in [6, 6.07) is 9.75. The Bertz CT molecular complexity index is 679. The second kappa shape index (κ2) is 4.91. The van der Waals surface area contributed by atoms with Crippen LogP contribution in [0, 0.1) is 0 Å². The van der Waals surface area contributed by atoms with Crippen LogP contribution in [0.3, 0.4) is 0 Å². The molecule has 5 heteroatoms. The molecule has 2 aliphatic heterocycles. The van der Waals surface area contributed by atoms with Crippen molar-refractivity contribution in [1.82, 2.24) is 4.90 Å². The molecule has 1 aromatic carbocycles. The van der Waals surface area contributed by atoms with Gasteiger partial charge in [-0.2, -0.15) is 13.2 Å². The highest BCUT2D eigenvalue weighted by Gasteiger charge is 2.35. The quantitative estimate of drug-likeness (QED) is 0.758. The van der Waals surface area contributed by atoms with E-state index < -0.39 is 11.7 Å². The summed E-state index contributed by atoms with van der Waals surface area (Å²) < 4.78 is 38.2. The van der Waals surface area contributed by atoms with Crippen LogP contribution in [0.1, 0.15) is 12.5 Å². The van der Waals surface area contributed by atoms with Gasteiger partial charge in [0.05, 0.1) is 12.1 Å². The van der Waals surface area contributed by atoms with Crippen molar-refractivity contribution >= 4 is 11.4 Å². The Balaban J connectivity index is 1.95. The average molecular weight is 290 g/mol. The number of hydrogen-bond donors (Lipinski definition) is 0. The van der Waals surface area contributed by atoms with Gasteiger partial charge in [0.25, 0.3) is 0 Å². The molecule has 108 valence electrons. The molecule has 0 unspecified atom stereocenters. The van der Waals surface area contributed by atoms with Gasteiger partial charge in [-0.3, -0.25) is 4.99 Å². The molecule has 0 spiro atoms. The van der Waals surface area contributed by atoms with Crippen LogP contribution in [0.5, 0.6) is 0 Å². The molecule has 0 N–H and O–H groups in total. The average Bonchev–Trinajstić information content (AvgIpc) is 2.47. The Morgan fingerprint density at radius 1 is 1.14 bits per heavy atom. The number of hydrogen-bond acceptors (Lipinski definition) is 2. The lowest BCUT2D eigenvalue weighted by Crippen LogP contribution is -2.31. The van der Waals surface area contributed by atoms with Crippen molar-refractivity contribution in [3.63, 3.8) is 0 Å². The van der Waals surface area contributed by atoms with E-state index in [-0.39, 0.29) is 0 Å². The van der Waals surface area contributed by atoms with Crippen molar-refractivity contribution in [2.24, 2.45) is 4.99 Å². The number of fused-ring (bicyclic) bond motifs is 1. The zero-order chi connectivity index (χ0) is 15.0. The van der Waals surface area contributed by atoms with E-state index in [0.29, 0.717) is 12.4 Å². The molecule has 2 heterocycles. The zero-order valence-corrected chi connectivity index (χ0v) is 11.4. The molecule has 2 nitrogen and oxygen atoms in total. The predicted octanol–water partition coefficient (Wildman–Crippen LogP) is 4.15. The van der Waals surface area contributed by atoms with E-state index in [1.807, 2.05) is 37.3 Å². The summed E-state index contributed by atoms with van der Waals surface area (Å²) in [5.74, 6) is 0.335. The zero-order valence-electron chi connectivity index (χ0n) is 11.4. The lowest BCUT2D eigenvalue weighted by molar-refractivity contribution is -0.0883. The molecule has 1 aromatic rings. The molecular weight excluding hydrogens is 277 g/mol. The van der Waals surface area contributed by atoms with E-state index in [1.54, 1.807) is 4.90 Å². The molecular formula is C16H13F3N2. The first-order chi connectivity index (χ1) is 9.97. The van der Waals surface area contributed by atoms with Crippen molar-refractivity contribution in [3.05, 3.63) is 65.5 Å². The molecule has 21 heavy (non-hydrogen) atoms. The minimum atomic E-state index is -4.34. The normalized spacial score (nSPS) is 18.4. The summed E-state index contributed by atoms with van der Waals surface area (Å²) in [4.78, 5) is 5.98. The summed E-state index contributed by atoms with van der Waals surface area (Å²) in [5, 5.41) is 0. The van der Waals surface area contributed by atoms with Gasteiger partial charge in [0.1, 0.15) is 5.84 Å². The molecule has 0 radical (unpaired) electrons. The Morgan fingerprint density at radius 2 is 1.86 bits per heavy atom. The molecule has 0 atom stereocenters. The molecule has 0 saturated carbocycles. The molecule has 2 aliphatic rings. The summed E-state index contributed by atoms with van der Waals surface area (Å²) in [7, 11) is 0. The number of nitrogens with zero attached hydrogens (tertiary/aromatic N) is 2. The van der Waals surface area contributed by atoms with Gasteiger partial charge >= 0.3 is 6.18 Å². The van der Waals surface area contributed by atoms with Gasteiger partial charge < -0.3 is 4.90 Å². The fourth-order valence-corrected chi connectivity index (χ4v) is 2.43. The summed E-state index contributed by atoms with van der Waals surface area (Å²) in [6.07, 6.45) is -0.747. The molecule has 0 aromatic heterocycles. The van der Waals surface area contributed by atoms with Crippen LogP contribution in [-0.2, 0) is 0 Å². The topological polar surface area (TPSA) is 15.6 Å². The molecule has 3 rings (SSSR count). The van der Waals surface area contributed by atoms with Gasteiger partial charge in [0.2, 0.25) is 0 Å². The molecule has 0 saturated heterocycles. The first-order valence-corrected chi connectivity index (χ1v) is 6.53. The van der Waals surface area contributed by atoms with E-state index in [0.717, 1.165) is 29.0 Å². The van der Waals surface area contributed by atoms with Gasteiger partial charge in [-0.1, -0.05) is 30.3 Å². The predicted molar refractivity (Wildman–Crippen MR) is 76.5 cm³/mol. The third-order valence-corrected chi connectivity index (χ3v) is 3.58. The van der Waals surface area contributed by atoms with E-state index >= 15 is 0 Å². The standard InChI is InChI=1S/C16H13F3N2/c1-11-14(12-5-3-2-4-6-12)10-20-15-9-13(16(17,18)19)7-8-21(11)15/h2-9H,10H2,1H3. The highest BCUT2D eigenvalue weighted by molar-refractivity contribution is 6.00. The number of halogens is 3. The second-order valence-electron chi connectivity index (χ2n) is 4.89. The van der Waals surface area contributed by atoms with Gasteiger partial charge in [-0.25, -0.2) is 0 Å². The maximum absolute atomic E-state index is 12.7. The monoisotopic (exact) mass is 290 g/mol. The van der Waals surface area contributed by atoms with E-state index in [4.69, 9.17) is 0 Å². The van der Waals surface area contributed by atoms with Crippen molar-refractivity contribution in [2.75, 3.05) is 6.54 Å². The number of benzene rings is 1. The van der Waals surface area contributed by atoms with Crippen LogP contribution in [0.25, 0.3) is 5.57 Å². The van der Waals surface area contributed by atoms with Crippen LogP contribution in [0.2, 0.25) is 0 Å². The van der Waals surface area contributed by atoms with Crippen molar-refractivity contribution in [2.45, 2.75) is 13.1 Å².